The third-order valence-electron chi connectivity index (χ3n) is 13.2. The number of carbonyl (C=O) groups excluding carboxylic acids is 2. The molecule has 1 aliphatic rings. The van der Waals surface area contributed by atoms with Crippen LogP contribution in [0.25, 0.3) is 0 Å². The first-order chi connectivity index (χ1) is 37.2. The highest BCUT2D eigenvalue weighted by atomic mass is 16.7. The van der Waals surface area contributed by atoms with Gasteiger partial charge < -0.3 is 45.1 Å². The minimum atomic E-state index is -1.63. The second-order valence-electron chi connectivity index (χ2n) is 20.0. The Hall–Kier alpha value is -3.94. The smallest absolute Gasteiger partial charge is 0.306 e. The topological polar surface area (TPSA) is 175 Å². The number of esters is 1. The minimum absolute atomic E-state index is 0.0977. The average molecular weight is 1060 g/mol. The Bertz CT molecular complexity index is 1690. The molecule has 432 valence electrons. The van der Waals surface area contributed by atoms with Crippen molar-refractivity contribution < 1.29 is 49.3 Å². The van der Waals surface area contributed by atoms with Gasteiger partial charge in [0, 0.05) is 6.42 Å². The summed E-state index contributed by atoms with van der Waals surface area (Å²) < 4.78 is 17.6. The molecule has 1 amide bonds. The zero-order valence-corrected chi connectivity index (χ0v) is 47.6. The molecule has 1 rings (SSSR count). The molecule has 0 radical (unpaired) electrons. The Labute approximate surface area is 461 Å². The summed E-state index contributed by atoms with van der Waals surface area (Å²) in [6.45, 7) is 5.49. The molecule has 0 aromatic heterocycles. The van der Waals surface area contributed by atoms with Gasteiger partial charge in [0.05, 0.1) is 25.4 Å². The average Bonchev–Trinajstić information content (AvgIpc) is 3.42. The van der Waals surface area contributed by atoms with E-state index in [1.54, 1.807) is 6.08 Å². The van der Waals surface area contributed by atoms with Crippen LogP contribution in [-0.4, -0.2) is 99.6 Å². The third kappa shape index (κ3) is 39.4. The highest BCUT2D eigenvalue weighted by molar-refractivity contribution is 5.80. The van der Waals surface area contributed by atoms with E-state index in [9.17, 15) is 35.1 Å². The van der Waals surface area contributed by atoms with E-state index < -0.39 is 67.4 Å². The number of amides is 1. The fourth-order valence-corrected chi connectivity index (χ4v) is 8.48. The highest BCUT2D eigenvalue weighted by Crippen LogP contribution is 2.26. The molecule has 0 aromatic rings. The number of carbonyl (C=O) groups is 2. The van der Waals surface area contributed by atoms with Gasteiger partial charge in [-0.25, -0.2) is 0 Å². The fourth-order valence-electron chi connectivity index (χ4n) is 8.48. The number of ether oxygens (including phenoxy) is 3. The summed E-state index contributed by atoms with van der Waals surface area (Å²) in [6, 6.07) is -1.06. The van der Waals surface area contributed by atoms with Crippen molar-refractivity contribution in [3.05, 3.63) is 122 Å². The standard InChI is InChI=1S/C65H107NO10/c1-4-7-10-13-16-19-22-25-27-28-29-30-31-33-34-37-40-43-46-49-52-58(69)64(73)66-56(57(68)51-48-45-42-39-36-24-21-18-15-12-9-6-3)55-74-65-63(62(72)61(71)59(54-67)75-65)76-60(70)53-50-47-44-41-38-35-32-26-23-20-17-14-11-8-5-2/h7-8,10-11,14,16-17,19-20,23,25,27,29-30,33-34,40,43,48,51,56-59,61-63,65,67-69,71-72H,4-6,9,12-13,15,18,21-22,24,26,28,31-32,35-39,41-42,44-47,49-50,52-55H2,1-3H3,(H,66,73)/b10-7-,11-8+,17-14+,19-16-,23-20+,27-25-,30-29-,34-33-,43-40-,51-48+. The van der Waals surface area contributed by atoms with Crippen LogP contribution < -0.4 is 5.32 Å². The Kier molecular flexibility index (Phi) is 47.8. The van der Waals surface area contributed by atoms with Crippen molar-refractivity contribution in [1.82, 2.24) is 5.32 Å². The van der Waals surface area contributed by atoms with E-state index in [4.69, 9.17) is 14.2 Å². The Morgan fingerprint density at radius 3 is 1.55 bits per heavy atom. The molecule has 1 saturated heterocycles. The second-order valence-corrected chi connectivity index (χ2v) is 20.0. The van der Waals surface area contributed by atoms with Crippen LogP contribution in [-0.2, 0) is 23.8 Å². The number of rotatable bonds is 48. The number of unbranched alkanes of at least 4 members (excludes halogenated alkanes) is 18. The van der Waals surface area contributed by atoms with Crippen molar-refractivity contribution in [2.45, 2.75) is 262 Å². The lowest BCUT2D eigenvalue weighted by molar-refractivity contribution is -0.305. The molecule has 0 bridgehead atoms. The van der Waals surface area contributed by atoms with Crippen LogP contribution in [0.4, 0.5) is 0 Å². The van der Waals surface area contributed by atoms with Gasteiger partial charge >= 0.3 is 5.97 Å². The molecule has 8 unspecified atom stereocenters. The number of allylic oxidation sites excluding steroid dienone is 19. The van der Waals surface area contributed by atoms with Crippen molar-refractivity contribution >= 4 is 11.9 Å². The van der Waals surface area contributed by atoms with E-state index in [-0.39, 0.29) is 19.4 Å². The summed E-state index contributed by atoms with van der Waals surface area (Å²) in [4.78, 5) is 26.5. The maximum absolute atomic E-state index is 13.4. The summed E-state index contributed by atoms with van der Waals surface area (Å²) in [7, 11) is 0. The SMILES string of the molecule is CC/C=C\C/C=C\C/C=C\C/C=C\C/C=C\C/C=C\CCCC(O)C(=O)NC(COC1OC(CO)C(O)C(O)C1OC(=O)CCCCCCCCC/C=C/C=C/C=C/CC)C(O)/C=C/CCCCCCCCCCCC. The lowest BCUT2D eigenvalue weighted by Gasteiger charge is -2.41. The molecule has 11 heteroatoms. The van der Waals surface area contributed by atoms with Gasteiger partial charge in [-0.2, -0.15) is 0 Å². The highest BCUT2D eigenvalue weighted by Gasteiger charge is 2.47. The van der Waals surface area contributed by atoms with Gasteiger partial charge in [0.2, 0.25) is 5.91 Å². The summed E-state index contributed by atoms with van der Waals surface area (Å²) >= 11 is 0. The van der Waals surface area contributed by atoms with E-state index in [0.717, 1.165) is 116 Å². The van der Waals surface area contributed by atoms with Crippen LogP contribution in [0, 0.1) is 0 Å². The van der Waals surface area contributed by atoms with Gasteiger partial charge in [0.1, 0.15) is 24.4 Å². The number of aliphatic hydroxyl groups excluding tert-OH is 5. The van der Waals surface area contributed by atoms with Crippen LogP contribution in [0.5, 0.6) is 0 Å². The molecule has 1 aliphatic heterocycles. The number of nitrogens with one attached hydrogen (secondary N) is 1. The maximum Gasteiger partial charge on any atom is 0.306 e. The predicted octanol–water partition coefficient (Wildman–Crippen LogP) is 13.9. The molecule has 1 fully saturated rings. The summed E-state index contributed by atoms with van der Waals surface area (Å²) in [5.74, 6) is -1.26. The van der Waals surface area contributed by atoms with Crippen LogP contribution in [0.3, 0.4) is 0 Å². The lowest BCUT2D eigenvalue weighted by atomic mass is 9.99. The number of aliphatic hydroxyl groups is 5. The first-order valence-electron chi connectivity index (χ1n) is 29.8. The van der Waals surface area contributed by atoms with E-state index >= 15 is 0 Å². The summed E-state index contributed by atoms with van der Waals surface area (Å²) in [6.07, 6.45) is 60.9. The first-order valence-corrected chi connectivity index (χ1v) is 29.8. The van der Waals surface area contributed by atoms with E-state index in [2.05, 4.69) is 117 Å². The van der Waals surface area contributed by atoms with Crippen molar-refractivity contribution in [3.63, 3.8) is 0 Å². The predicted molar refractivity (Wildman–Crippen MR) is 314 cm³/mol. The van der Waals surface area contributed by atoms with E-state index in [1.165, 1.54) is 44.9 Å². The lowest BCUT2D eigenvalue weighted by Crippen LogP contribution is -2.61. The van der Waals surface area contributed by atoms with Crippen molar-refractivity contribution in [3.8, 4) is 0 Å². The van der Waals surface area contributed by atoms with Gasteiger partial charge in [-0.15, -0.1) is 0 Å². The van der Waals surface area contributed by atoms with Crippen LogP contribution in [0.2, 0.25) is 0 Å². The van der Waals surface area contributed by atoms with E-state index in [1.807, 2.05) is 24.3 Å². The van der Waals surface area contributed by atoms with Gasteiger partial charge in [0.25, 0.3) is 0 Å². The Morgan fingerprint density at radius 1 is 0.539 bits per heavy atom. The van der Waals surface area contributed by atoms with Crippen molar-refractivity contribution in [1.29, 1.82) is 0 Å². The van der Waals surface area contributed by atoms with Crippen molar-refractivity contribution in [2.24, 2.45) is 0 Å². The molecule has 6 N–H and O–H groups in total. The molecular formula is C65H107NO10. The van der Waals surface area contributed by atoms with Crippen LogP contribution in [0.15, 0.2) is 122 Å². The normalized spacial score (nSPS) is 20.0. The molecular weight excluding hydrogens is 955 g/mol. The Balaban J connectivity index is 2.76. The van der Waals surface area contributed by atoms with Gasteiger partial charge in [-0.1, -0.05) is 232 Å². The van der Waals surface area contributed by atoms with Crippen molar-refractivity contribution in [2.75, 3.05) is 13.2 Å². The monoisotopic (exact) mass is 1060 g/mol. The largest absolute Gasteiger partial charge is 0.454 e. The summed E-state index contributed by atoms with van der Waals surface area (Å²) in [5.41, 5.74) is 0. The van der Waals surface area contributed by atoms with Gasteiger partial charge in [-0.05, 0) is 96.3 Å². The molecule has 0 aromatic carbocycles. The molecule has 76 heavy (non-hydrogen) atoms. The molecule has 0 saturated carbocycles. The summed E-state index contributed by atoms with van der Waals surface area (Å²) in [5, 5.41) is 56.8. The van der Waals surface area contributed by atoms with E-state index in [0.29, 0.717) is 19.3 Å². The first kappa shape index (κ1) is 70.1. The quantitative estimate of drug-likeness (QED) is 0.0149. The van der Waals surface area contributed by atoms with Crippen LogP contribution in [0.1, 0.15) is 213 Å². The zero-order chi connectivity index (χ0) is 55.4. The maximum atomic E-state index is 13.4. The van der Waals surface area contributed by atoms with Gasteiger partial charge in [0.15, 0.2) is 12.4 Å². The Morgan fingerprint density at radius 2 is 1.01 bits per heavy atom. The zero-order valence-electron chi connectivity index (χ0n) is 47.6. The number of hydrogen-bond acceptors (Lipinski definition) is 10. The fraction of sp³-hybridized carbons (Fsp3) is 0.662. The second kappa shape index (κ2) is 51.8. The molecule has 11 nitrogen and oxygen atoms in total. The molecule has 0 spiro atoms. The molecule has 0 aliphatic carbocycles. The van der Waals surface area contributed by atoms with Crippen LogP contribution >= 0.6 is 0 Å². The number of hydrogen-bond donors (Lipinski definition) is 6. The third-order valence-corrected chi connectivity index (χ3v) is 13.2. The molecule has 1 heterocycles. The van der Waals surface area contributed by atoms with Gasteiger partial charge in [-0.3, -0.25) is 9.59 Å². The molecule has 8 atom stereocenters. The minimum Gasteiger partial charge on any atom is -0.454 e.